The van der Waals surface area contributed by atoms with E-state index in [1.54, 1.807) is 11.3 Å². The van der Waals surface area contributed by atoms with E-state index >= 15 is 0 Å². The van der Waals surface area contributed by atoms with E-state index in [1.165, 1.54) is 79.0 Å². The van der Waals surface area contributed by atoms with Gasteiger partial charge in [0.1, 0.15) is 0 Å². The summed E-state index contributed by atoms with van der Waals surface area (Å²) in [7, 11) is 0. The highest BCUT2D eigenvalue weighted by molar-refractivity contribution is 7.17. The highest BCUT2D eigenvalue weighted by Crippen LogP contribution is 2.25. The van der Waals surface area contributed by atoms with E-state index in [0.717, 1.165) is 31.6 Å². The van der Waals surface area contributed by atoms with Crippen LogP contribution in [0.5, 0.6) is 0 Å². The van der Waals surface area contributed by atoms with Gasteiger partial charge in [-0.1, -0.05) is 95.0 Å². The van der Waals surface area contributed by atoms with Gasteiger partial charge in [-0.25, -0.2) is 0 Å². The maximum Gasteiger partial charge on any atom is 0.251 e. The number of fused-ring (bicyclic) bond motifs is 1. The Morgan fingerprint density at radius 1 is 0.788 bits per heavy atom. The number of nitrogens with one attached hydrogen (secondary N) is 2. The molecular formula is C29H40N2OS. The van der Waals surface area contributed by atoms with Crippen molar-refractivity contribution in [1.29, 1.82) is 0 Å². The van der Waals surface area contributed by atoms with Crippen LogP contribution in [0.3, 0.4) is 0 Å². The molecule has 178 valence electrons. The van der Waals surface area contributed by atoms with Crippen LogP contribution in [-0.4, -0.2) is 12.5 Å². The summed E-state index contributed by atoms with van der Waals surface area (Å²) in [6.45, 7) is 4.68. The molecule has 4 heteroatoms. The third-order valence-electron chi connectivity index (χ3n) is 6.24. The van der Waals surface area contributed by atoms with Crippen molar-refractivity contribution in [2.75, 3.05) is 6.54 Å². The molecule has 0 bridgehead atoms. The average molecular weight is 465 g/mol. The molecule has 2 aromatic carbocycles. The monoisotopic (exact) mass is 464 g/mol. The third kappa shape index (κ3) is 8.94. The lowest BCUT2D eigenvalue weighted by Gasteiger charge is -2.08. The van der Waals surface area contributed by atoms with Gasteiger partial charge in [-0.15, -0.1) is 11.3 Å². The lowest BCUT2D eigenvalue weighted by molar-refractivity contribution is 0.0953. The molecule has 3 aromatic rings. The smallest absolute Gasteiger partial charge is 0.251 e. The summed E-state index contributed by atoms with van der Waals surface area (Å²) in [4.78, 5) is 12.4. The van der Waals surface area contributed by atoms with Crippen LogP contribution >= 0.6 is 11.3 Å². The maximum atomic E-state index is 12.4. The topological polar surface area (TPSA) is 41.1 Å². The molecule has 0 fully saturated rings. The Hall–Kier alpha value is -2.17. The summed E-state index contributed by atoms with van der Waals surface area (Å²) in [5.74, 6) is 0.0372. The minimum Gasteiger partial charge on any atom is -0.352 e. The molecule has 0 aliphatic rings. The SMILES string of the molecule is CCCCCCCCCCCCNC(=O)c1ccc(CNCc2csc3ccccc23)cc1. The second-order valence-electron chi connectivity index (χ2n) is 9.00. The molecule has 1 heterocycles. The molecule has 0 saturated heterocycles. The van der Waals surface area contributed by atoms with Crippen LogP contribution in [-0.2, 0) is 13.1 Å². The Morgan fingerprint density at radius 2 is 1.45 bits per heavy atom. The number of thiophene rings is 1. The molecular weight excluding hydrogens is 424 g/mol. The quantitative estimate of drug-likeness (QED) is 0.212. The zero-order chi connectivity index (χ0) is 23.1. The number of hydrogen-bond donors (Lipinski definition) is 2. The fraction of sp³-hybridized carbons (Fsp3) is 0.483. The standard InChI is InChI=1S/C29H40N2OS/c1-2-3-4-5-6-7-8-9-10-13-20-31-29(32)25-18-16-24(17-19-25)21-30-22-26-23-33-28-15-12-11-14-27(26)28/h11-12,14-19,23,30H,2-10,13,20-22H2,1H3,(H,31,32). The summed E-state index contributed by atoms with van der Waals surface area (Å²) < 4.78 is 1.34. The van der Waals surface area contributed by atoms with Gasteiger partial charge in [0.25, 0.3) is 5.91 Å². The number of hydrogen-bond acceptors (Lipinski definition) is 3. The Morgan fingerprint density at radius 3 is 2.18 bits per heavy atom. The number of unbranched alkanes of at least 4 members (excludes halogenated alkanes) is 9. The fourth-order valence-electron chi connectivity index (χ4n) is 4.20. The zero-order valence-corrected chi connectivity index (χ0v) is 21.0. The summed E-state index contributed by atoms with van der Waals surface area (Å²) in [6.07, 6.45) is 13.1. The Kier molecular flexibility index (Phi) is 11.5. The van der Waals surface area contributed by atoms with Crippen molar-refractivity contribution in [2.45, 2.75) is 84.2 Å². The first kappa shape index (κ1) is 25.5. The number of carbonyl (C=O) groups excluding carboxylic acids is 1. The third-order valence-corrected chi connectivity index (χ3v) is 7.25. The molecule has 3 rings (SSSR count). The molecule has 1 amide bonds. The van der Waals surface area contributed by atoms with E-state index in [9.17, 15) is 4.79 Å². The van der Waals surface area contributed by atoms with Crippen LogP contribution in [0, 0.1) is 0 Å². The van der Waals surface area contributed by atoms with Crippen molar-refractivity contribution in [3.8, 4) is 0 Å². The predicted octanol–water partition coefficient (Wildman–Crippen LogP) is 7.84. The molecule has 0 aliphatic heterocycles. The molecule has 33 heavy (non-hydrogen) atoms. The lowest BCUT2D eigenvalue weighted by atomic mass is 10.1. The molecule has 2 N–H and O–H groups in total. The van der Waals surface area contributed by atoms with E-state index < -0.39 is 0 Å². The van der Waals surface area contributed by atoms with E-state index in [2.05, 4.69) is 47.2 Å². The van der Waals surface area contributed by atoms with Gasteiger partial charge in [-0.3, -0.25) is 4.79 Å². The lowest BCUT2D eigenvalue weighted by Crippen LogP contribution is -2.24. The van der Waals surface area contributed by atoms with Crippen molar-refractivity contribution >= 4 is 27.3 Å². The summed E-state index contributed by atoms with van der Waals surface area (Å²) in [5.41, 5.74) is 3.29. The molecule has 0 aliphatic carbocycles. The van der Waals surface area contributed by atoms with Gasteiger partial charge in [0.05, 0.1) is 0 Å². The van der Waals surface area contributed by atoms with E-state index in [4.69, 9.17) is 0 Å². The van der Waals surface area contributed by atoms with E-state index in [0.29, 0.717) is 0 Å². The molecule has 3 nitrogen and oxygen atoms in total. The van der Waals surface area contributed by atoms with Crippen molar-refractivity contribution in [2.24, 2.45) is 0 Å². The predicted molar refractivity (Wildman–Crippen MR) is 143 cm³/mol. The zero-order valence-electron chi connectivity index (χ0n) is 20.2. The number of benzene rings is 2. The van der Waals surface area contributed by atoms with Crippen molar-refractivity contribution < 1.29 is 4.79 Å². The first-order chi connectivity index (χ1) is 16.3. The van der Waals surface area contributed by atoms with Crippen LogP contribution < -0.4 is 10.6 Å². The minimum absolute atomic E-state index is 0.0372. The molecule has 0 saturated carbocycles. The van der Waals surface area contributed by atoms with Crippen LogP contribution in [0.15, 0.2) is 53.9 Å². The second-order valence-corrected chi connectivity index (χ2v) is 9.91. The molecule has 0 unspecified atom stereocenters. The van der Waals surface area contributed by atoms with E-state index in [1.807, 2.05) is 24.3 Å². The van der Waals surface area contributed by atoms with Crippen LogP contribution in [0.2, 0.25) is 0 Å². The normalized spacial score (nSPS) is 11.2. The highest BCUT2D eigenvalue weighted by Gasteiger charge is 2.06. The summed E-state index contributed by atoms with van der Waals surface area (Å²) in [5, 5.41) is 10.2. The van der Waals surface area contributed by atoms with E-state index in [-0.39, 0.29) is 5.91 Å². The summed E-state index contributed by atoms with van der Waals surface area (Å²) in [6, 6.07) is 16.5. The second kappa shape index (κ2) is 14.9. The fourth-order valence-corrected chi connectivity index (χ4v) is 5.16. The van der Waals surface area contributed by atoms with Crippen LogP contribution in [0.1, 0.15) is 92.6 Å². The van der Waals surface area contributed by atoms with Gasteiger partial charge in [-0.05, 0) is 46.5 Å². The first-order valence-corrected chi connectivity index (χ1v) is 13.7. The average Bonchev–Trinajstić information content (AvgIpc) is 3.26. The molecule has 0 atom stereocenters. The molecule has 0 spiro atoms. The van der Waals surface area contributed by atoms with Gasteiger partial charge >= 0.3 is 0 Å². The van der Waals surface area contributed by atoms with Gasteiger partial charge in [-0.2, -0.15) is 0 Å². The van der Waals surface area contributed by atoms with Crippen LogP contribution in [0.25, 0.3) is 10.1 Å². The molecule has 0 radical (unpaired) electrons. The first-order valence-electron chi connectivity index (χ1n) is 12.8. The van der Waals surface area contributed by atoms with Gasteiger partial charge in [0.15, 0.2) is 0 Å². The van der Waals surface area contributed by atoms with Crippen LogP contribution in [0.4, 0.5) is 0 Å². The van der Waals surface area contributed by atoms with Crippen molar-refractivity contribution in [3.05, 3.63) is 70.6 Å². The number of carbonyl (C=O) groups is 1. The van der Waals surface area contributed by atoms with Gasteiger partial charge in [0, 0.05) is 29.9 Å². The number of amides is 1. The van der Waals surface area contributed by atoms with Gasteiger partial charge in [0.2, 0.25) is 0 Å². The minimum atomic E-state index is 0.0372. The van der Waals surface area contributed by atoms with Crippen molar-refractivity contribution in [1.82, 2.24) is 10.6 Å². The molecule has 1 aromatic heterocycles. The largest absolute Gasteiger partial charge is 0.352 e. The number of rotatable bonds is 16. The summed E-state index contributed by atoms with van der Waals surface area (Å²) >= 11 is 1.80. The van der Waals surface area contributed by atoms with Gasteiger partial charge < -0.3 is 10.6 Å². The highest BCUT2D eigenvalue weighted by atomic mass is 32.1. The van der Waals surface area contributed by atoms with Crippen molar-refractivity contribution in [3.63, 3.8) is 0 Å². The maximum absolute atomic E-state index is 12.4. The Balaban J connectivity index is 1.26. The Labute approximate surface area is 204 Å². The Bertz CT molecular complexity index is 948.